The first-order valence-corrected chi connectivity index (χ1v) is 8.29. The fourth-order valence-corrected chi connectivity index (χ4v) is 2.79. The molecule has 1 aliphatic rings. The van der Waals surface area contributed by atoms with Crippen molar-refractivity contribution in [2.24, 2.45) is 10.7 Å². The summed E-state index contributed by atoms with van der Waals surface area (Å²) < 4.78 is 0. The Morgan fingerprint density at radius 3 is 2.58 bits per heavy atom. The Morgan fingerprint density at radius 2 is 2.04 bits per heavy atom. The zero-order valence-electron chi connectivity index (χ0n) is 14.0. The fraction of sp³-hybridized carbons (Fsp3) is 0.438. The highest BCUT2D eigenvalue weighted by Crippen LogP contribution is 2.31. The lowest BCUT2D eigenvalue weighted by Gasteiger charge is -2.35. The number of nitrogens with two attached hydrogens (primary N) is 1. The summed E-state index contributed by atoms with van der Waals surface area (Å²) in [6.45, 7) is 7.67. The van der Waals surface area contributed by atoms with Crippen LogP contribution in [-0.2, 0) is 5.79 Å². The third-order valence-corrected chi connectivity index (χ3v) is 4.32. The lowest BCUT2D eigenvalue weighted by atomic mass is 10.0. The van der Waals surface area contributed by atoms with Gasteiger partial charge < -0.3 is 10.2 Å². The van der Waals surface area contributed by atoms with Crippen molar-refractivity contribution in [2.75, 3.05) is 13.1 Å². The Balaban J connectivity index is 2.53. The molecule has 0 amide bonds. The number of nitrogens with zero attached hydrogens (tertiary/aromatic N) is 3. The molecule has 0 aliphatic carbocycles. The molecule has 1 aliphatic heterocycles. The molecule has 1 aromatic rings. The Labute approximate surface area is 146 Å². The number of hydrogen-bond acceptors (Lipinski definition) is 6. The summed E-state index contributed by atoms with van der Waals surface area (Å²) in [4.78, 5) is 17.3. The number of nitro groups is 1. The van der Waals surface area contributed by atoms with E-state index >= 15 is 0 Å². The second-order valence-electron chi connectivity index (χ2n) is 5.48. The van der Waals surface area contributed by atoms with Gasteiger partial charge in [0, 0.05) is 30.4 Å². The number of aliphatic imine (C=N–C) groups is 1. The van der Waals surface area contributed by atoms with Crippen LogP contribution in [0.25, 0.3) is 0 Å². The second-order valence-corrected chi connectivity index (χ2v) is 5.89. The minimum Gasteiger partial charge on any atom is -0.357 e. The first kappa shape index (κ1) is 18.2. The van der Waals surface area contributed by atoms with Gasteiger partial charge in [-0.3, -0.25) is 15.8 Å². The van der Waals surface area contributed by atoms with E-state index in [4.69, 9.17) is 17.3 Å². The van der Waals surface area contributed by atoms with Crippen molar-refractivity contribution >= 4 is 23.1 Å². The lowest BCUT2D eigenvalue weighted by molar-refractivity contribution is -0.384. The maximum Gasteiger partial charge on any atom is 0.288 e. The summed E-state index contributed by atoms with van der Waals surface area (Å²) in [5, 5.41) is 14.4. The zero-order chi connectivity index (χ0) is 17.9. The van der Waals surface area contributed by atoms with Crippen molar-refractivity contribution in [1.82, 2.24) is 10.2 Å². The predicted molar refractivity (Wildman–Crippen MR) is 95.8 cm³/mol. The van der Waals surface area contributed by atoms with Gasteiger partial charge >= 0.3 is 0 Å². The van der Waals surface area contributed by atoms with Crippen molar-refractivity contribution in [3.63, 3.8) is 0 Å². The molecule has 7 nitrogen and oxygen atoms in total. The molecule has 2 rings (SSSR count). The molecular formula is C16H22ClN5O2. The van der Waals surface area contributed by atoms with E-state index in [1.165, 1.54) is 12.1 Å². The van der Waals surface area contributed by atoms with Gasteiger partial charge in [0.05, 0.1) is 4.92 Å². The smallest absolute Gasteiger partial charge is 0.288 e. The van der Waals surface area contributed by atoms with Gasteiger partial charge in [-0.25, -0.2) is 4.99 Å². The molecule has 0 saturated carbocycles. The Hall–Kier alpha value is -2.12. The van der Waals surface area contributed by atoms with E-state index in [0.29, 0.717) is 5.56 Å². The summed E-state index contributed by atoms with van der Waals surface area (Å²) in [5.74, 6) is -0.511. The van der Waals surface area contributed by atoms with E-state index in [9.17, 15) is 10.1 Å². The molecule has 8 heteroatoms. The van der Waals surface area contributed by atoms with Crippen molar-refractivity contribution in [2.45, 2.75) is 33.0 Å². The highest BCUT2D eigenvalue weighted by Gasteiger charge is 2.33. The van der Waals surface area contributed by atoms with E-state index in [1.54, 1.807) is 6.07 Å². The van der Waals surface area contributed by atoms with E-state index in [-0.39, 0.29) is 10.7 Å². The van der Waals surface area contributed by atoms with E-state index in [1.807, 2.05) is 26.8 Å². The number of nitro benzene ring substituents is 1. The molecule has 0 radical (unpaired) electrons. The topological polar surface area (TPSA) is 96.8 Å². The Kier molecular flexibility index (Phi) is 5.46. The van der Waals surface area contributed by atoms with Crippen LogP contribution in [0.4, 0.5) is 5.69 Å². The number of halogens is 1. The average molecular weight is 352 g/mol. The molecule has 0 fully saturated rings. The van der Waals surface area contributed by atoms with Crippen LogP contribution >= 0.6 is 11.6 Å². The molecule has 0 saturated heterocycles. The Morgan fingerprint density at radius 1 is 1.38 bits per heavy atom. The van der Waals surface area contributed by atoms with Gasteiger partial charge in [-0.15, -0.1) is 0 Å². The SMILES string of the molecule is CCC1=CC(N(CC)CC)=NC(N)(c2ccc(Cl)c([N+](=O)[O-])c2)N1. The molecule has 3 N–H and O–H groups in total. The second kappa shape index (κ2) is 7.19. The van der Waals surface area contributed by atoms with Crippen LogP contribution in [0, 0.1) is 10.1 Å². The molecular weight excluding hydrogens is 330 g/mol. The number of nitrogens with one attached hydrogen (secondary N) is 1. The number of allylic oxidation sites excluding steroid dienone is 1. The third kappa shape index (κ3) is 3.52. The average Bonchev–Trinajstić information content (AvgIpc) is 2.55. The molecule has 0 aromatic heterocycles. The minimum atomic E-state index is -1.27. The first-order chi connectivity index (χ1) is 11.3. The number of hydrogen-bond donors (Lipinski definition) is 2. The molecule has 1 heterocycles. The highest BCUT2D eigenvalue weighted by molar-refractivity contribution is 6.32. The quantitative estimate of drug-likeness (QED) is 0.628. The molecule has 1 aromatic carbocycles. The van der Waals surface area contributed by atoms with E-state index in [0.717, 1.165) is 31.0 Å². The lowest BCUT2D eigenvalue weighted by Crippen LogP contribution is -2.52. The summed E-state index contributed by atoms with van der Waals surface area (Å²) >= 11 is 5.90. The Bertz CT molecular complexity index is 700. The van der Waals surface area contributed by atoms with Crippen molar-refractivity contribution in [3.8, 4) is 0 Å². The van der Waals surface area contributed by atoms with Gasteiger partial charge in [0.2, 0.25) is 5.79 Å². The zero-order valence-corrected chi connectivity index (χ0v) is 14.8. The maximum absolute atomic E-state index is 11.2. The predicted octanol–water partition coefficient (Wildman–Crippen LogP) is 2.95. The van der Waals surface area contributed by atoms with Crippen molar-refractivity contribution in [3.05, 3.63) is 50.7 Å². The maximum atomic E-state index is 11.2. The van der Waals surface area contributed by atoms with Crippen molar-refractivity contribution in [1.29, 1.82) is 0 Å². The normalized spacial score (nSPS) is 20.0. The van der Waals surface area contributed by atoms with Crippen LogP contribution in [0.15, 0.2) is 35.0 Å². The van der Waals surface area contributed by atoms with E-state index < -0.39 is 10.7 Å². The van der Waals surface area contributed by atoms with Crippen LogP contribution in [-0.4, -0.2) is 28.7 Å². The van der Waals surface area contributed by atoms with Gasteiger partial charge in [-0.05, 0) is 32.4 Å². The standard InChI is InChI=1S/C16H22ClN5O2/c1-4-12-10-15(21(5-2)6-3)20-16(18,19-12)11-7-8-13(17)14(9-11)22(23)24/h7-10,19H,4-6,18H2,1-3H3. The van der Waals surface area contributed by atoms with E-state index in [2.05, 4.69) is 15.2 Å². The van der Waals surface area contributed by atoms with Crippen molar-refractivity contribution < 1.29 is 4.92 Å². The molecule has 130 valence electrons. The van der Waals surface area contributed by atoms with Gasteiger partial charge in [-0.2, -0.15) is 0 Å². The number of likely N-dealkylation sites (N-methyl/N-ethyl adjacent to an activating group) is 1. The summed E-state index contributed by atoms with van der Waals surface area (Å²) in [7, 11) is 0. The van der Waals surface area contributed by atoms with Gasteiger partial charge in [0.1, 0.15) is 10.9 Å². The largest absolute Gasteiger partial charge is 0.357 e. The molecule has 0 bridgehead atoms. The molecule has 24 heavy (non-hydrogen) atoms. The number of benzene rings is 1. The third-order valence-electron chi connectivity index (χ3n) is 4.00. The van der Waals surface area contributed by atoms with Crippen LogP contribution < -0.4 is 11.1 Å². The minimum absolute atomic E-state index is 0.0716. The van der Waals surface area contributed by atoms with Crippen LogP contribution in [0.5, 0.6) is 0 Å². The van der Waals surface area contributed by atoms with Gasteiger partial charge in [0.25, 0.3) is 5.69 Å². The molecule has 0 spiro atoms. The molecule has 1 unspecified atom stereocenters. The fourth-order valence-electron chi connectivity index (χ4n) is 2.60. The first-order valence-electron chi connectivity index (χ1n) is 7.91. The summed E-state index contributed by atoms with van der Waals surface area (Å²) in [6, 6.07) is 4.50. The summed E-state index contributed by atoms with van der Waals surface area (Å²) in [6.07, 6.45) is 2.71. The van der Waals surface area contributed by atoms with Crippen LogP contribution in [0.1, 0.15) is 32.8 Å². The number of amidine groups is 1. The number of rotatable bonds is 5. The van der Waals surface area contributed by atoms with Crippen LogP contribution in [0.2, 0.25) is 5.02 Å². The molecule has 1 atom stereocenters. The monoisotopic (exact) mass is 351 g/mol. The van der Waals surface area contributed by atoms with Crippen LogP contribution in [0.3, 0.4) is 0 Å². The van der Waals surface area contributed by atoms with Gasteiger partial charge in [0.15, 0.2) is 0 Å². The van der Waals surface area contributed by atoms with Gasteiger partial charge in [-0.1, -0.05) is 24.6 Å². The summed E-state index contributed by atoms with van der Waals surface area (Å²) in [5.41, 5.74) is 7.70. The highest BCUT2D eigenvalue weighted by atomic mass is 35.5.